The monoisotopic (exact) mass is 281 g/mol. The van der Waals surface area contributed by atoms with Gasteiger partial charge in [0.2, 0.25) is 0 Å². The predicted octanol–water partition coefficient (Wildman–Crippen LogP) is 2.59. The summed E-state index contributed by atoms with van der Waals surface area (Å²) >= 11 is 6.01. The minimum Gasteiger partial charge on any atom is -0.481 e. The smallest absolute Gasteiger partial charge is 0.311 e. The van der Waals surface area contributed by atoms with Crippen LogP contribution in [-0.4, -0.2) is 35.0 Å². The third-order valence-corrected chi connectivity index (χ3v) is 4.10. The summed E-state index contributed by atoms with van der Waals surface area (Å²) in [6, 6.07) is 5.15. The van der Waals surface area contributed by atoms with Crippen LogP contribution in [0.4, 0.5) is 0 Å². The van der Waals surface area contributed by atoms with Crippen LogP contribution in [-0.2, 0) is 4.79 Å². The number of likely N-dealkylation sites (tertiary alicyclic amines) is 1. The Morgan fingerprint density at radius 1 is 1.42 bits per heavy atom. The van der Waals surface area contributed by atoms with Gasteiger partial charge in [0, 0.05) is 23.7 Å². The van der Waals surface area contributed by atoms with E-state index in [0.717, 1.165) is 5.56 Å². The fraction of sp³-hybridized carbons (Fsp3) is 0.429. The number of nitrogens with zero attached hydrogens (tertiary/aromatic N) is 1. The molecule has 0 spiro atoms. The van der Waals surface area contributed by atoms with E-state index in [4.69, 9.17) is 16.7 Å². The van der Waals surface area contributed by atoms with Crippen molar-refractivity contribution in [2.24, 2.45) is 5.41 Å². The maximum atomic E-state index is 12.3. The Bertz CT molecular complexity index is 543. The van der Waals surface area contributed by atoms with Gasteiger partial charge in [-0.05, 0) is 38.0 Å². The summed E-state index contributed by atoms with van der Waals surface area (Å²) in [4.78, 5) is 25.0. The number of hydrogen-bond acceptors (Lipinski definition) is 2. The zero-order valence-corrected chi connectivity index (χ0v) is 11.7. The Labute approximate surface area is 117 Å². The van der Waals surface area contributed by atoms with E-state index in [0.29, 0.717) is 23.6 Å². The molecule has 1 aromatic rings. The number of carboxylic acids is 1. The molecule has 0 saturated carbocycles. The van der Waals surface area contributed by atoms with Crippen molar-refractivity contribution in [3.05, 3.63) is 34.3 Å². The molecule has 0 unspecified atom stereocenters. The van der Waals surface area contributed by atoms with Crippen LogP contribution in [0.2, 0.25) is 5.02 Å². The summed E-state index contributed by atoms with van der Waals surface area (Å²) in [5.74, 6) is -1.02. The first-order valence-corrected chi connectivity index (χ1v) is 6.50. The van der Waals surface area contributed by atoms with Crippen LogP contribution in [0.5, 0.6) is 0 Å². The molecule has 1 aromatic carbocycles. The van der Waals surface area contributed by atoms with E-state index >= 15 is 0 Å². The first kappa shape index (κ1) is 13.9. The molecule has 0 aromatic heterocycles. The summed E-state index contributed by atoms with van der Waals surface area (Å²) in [6.07, 6.45) is 0.480. The molecule has 4 nitrogen and oxygen atoms in total. The summed E-state index contributed by atoms with van der Waals surface area (Å²) in [6.45, 7) is 4.25. The Morgan fingerprint density at radius 2 is 2.11 bits per heavy atom. The SMILES string of the molecule is Cc1ccc(C(=O)N2CC[C@](C)(C(=O)O)C2)cc1Cl. The molecule has 2 rings (SSSR count). The number of aliphatic carboxylic acids is 1. The molecule has 0 aliphatic carbocycles. The van der Waals surface area contributed by atoms with E-state index in [1.165, 1.54) is 0 Å². The Balaban J connectivity index is 2.18. The second-order valence-electron chi connectivity index (χ2n) is 5.31. The lowest BCUT2D eigenvalue weighted by atomic mass is 9.90. The van der Waals surface area contributed by atoms with Crippen LogP contribution < -0.4 is 0 Å². The lowest BCUT2D eigenvalue weighted by Crippen LogP contribution is -2.34. The van der Waals surface area contributed by atoms with Gasteiger partial charge in [0.05, 0.1) is 5.41 Å². The van der Waals surface area contributed by atoms with Gasteiger partial charge in [-0.25, -0.2) is 0 Å². The molecule has 1 fully saturated rings. The van der Waals surface area contributed by atoms with Crippen LogP contribution in [0, 0.1) is 12.3 Å². The Kier molecular flexibility index (Phi) is 3.54. The van der Waals surface area contributed by atoms with Gasteiger partial charge in [0.15, 0.2) is 0 Å². The van der Waals surface area contributed by atoms with E-state index in [9.17, 15) is 9.59 Å². The first-order chi connectivity index (χ1) is 8.83. The van der Waals surface area contributed by atoms with Crippen molar-refractivity contribution in [1.29, 1.82) is 0 Å². The van der Waals surface area contributed by atoms with Crippen LogP contribution in [0.1, 0.15) is 29.3 Å². The maximum absolute atomic E-state index is 12.3. The Morgan fingerprint density at radius 3 is 2.63 bits per heavy atom. The second kappa shape index (κ2) is 4.85. The molecule has 1 aliphatic heterocycles. The van der Waals surface area contributed by atoms with Gasteiger partial charge < -0.3 is 10.0 Å². The second-order valence-corrected chi connectivity index (χ2v) is 5.71. The number of rotatable bonds is 2. The van der Waals surface area contributed by atoms with E-state index < -0.39 is 11.4 Å². The molecule has 1 amide bonds. The fourth-order valence-electron chi connectivity index (χ4n) is 2.22. The molecule has 1 saturated heterocycles. The third-order valence-electron chi connectivity index (χ3n) is 3.70. The molecule has 0 radical (unpaired) electrons. The third kappa shape index (κ3) is 2.59. The van der Waals surface area contributed by atoms with Crippen molar-refractivity contribution < 1.29 is 14.7 Å². The van der Waals surface area contributed by atoms with Crippen molar-refractivity contribution in [1.82, 2.24) is 4.90 Å². The van der Waals surface area contributed by atoms with Gasteiger partial charge in [0.25, 0.3) is 5.91 Å². The number of benzene rings is 1. The summed E-state index contributed by atoms with van der Waals surface area (Å²) < 4.78 is 0. The molecule has 0 bridgehead atoms. The molecule has 1 atom stereocenters. The molecular weight excluding hydrogens is 266 g/mol. The van der Waals surface area contributed by atoms with E-state index in [1.54, 1.807) is 30.0 Å². The predicted molar refractivity (Wildman–Crippen MR) is 72.5 cm³/mol. The average Bonchev–Trinajstić information content (AvgIpc) is 2.76. The van der Waals surface area contributed by atoms with E-state index in [1.807, 2.05) is 6.92 Å². The number of carbonyl (C=O) groups excluding carboxylic acids is 1. The largest absolute Gasteiger partial charge is 0.481 e. The number of carboxylic acid groups (broad SMARTS) is 1. The standard InChI is InChI=1S/C14H16ClNO3/c1-9-3-4-10(7-11(9)15)12(17)16-6-5-14(2,8-16)13(18)19/h3-4,7H,5-6,8H2,1-2H3,(H,18,19)/t14-/m0/s1. The quantitative estimate of drug-likeness (QED) is 0.906. The molecular formula is C14H16ClNO3. The Hall–Kier alpha value is -1.55. The topological polar surface area (TPSA) is 57.6 Å². The molecule has 102 valence electrons. The number of amides is 1. The minimum absolute atomic E-state index is 0.160. The number of aryl methyl sites for hydroxylation is 1. The summed E-state index contributed by atoms with van der Waals surface area (Å²) in [5.41, 5.74) is 0.574. The van der Waals surface area contributed by atoms with Gasteiger partial charge in [-0.1, -0.05) is 17.7 Å². The lowest BCUT2D eigenvalue weighted by Gasteiger charge is -2.20. The average molecular weight is 282 g/mol. The highest BCUT2D eigenvalue weighted by Gasteiger charge is 2.42. The zero-order chi connectivity index (χ0) is 14.2. The van der Waals surface area contributed by atoms with Crippen LogP contribution in [0.15, 0.2) is 18.2 Å². The van der Waals surface area contributed by atoms with Crippen molar-refractivity contribution in [3.63, 3.8) is 0 Å². The van der Waals surface area contributed by atoms with Crippen molar-refractivity contribution in [3.8, 4) is 0 Å². The van der Waals surface area contributed by atoms with Crippen molar-refractivity contribution >= 4 is 23.5 Å². The molecule has 1 heterocycles. The van der Waals surface area contributed by atoms with Crippen molar-refractivity contribution in [2.75, 3.05) is 13.1 Å². The fourth-order valence-corrected chi connectivity index (χ4v) is 2.40. The summed E-state index contributed by atoms with van der Waals surface area (Å²) in [5, 5.41) is 9.71. The molecule has 5 heteroatoms. The van der Waals surface area contributed by atoms with E-state index in [2.05, 4.69) is 0 Å². The van der Waals surface area contributed by atoms with Gasteiger partial charge >= 0.3 is 5.97 Å². The van der Waals surface area contributed by atoms with Gasteiger partial charge in [-0.2, -0.15) is 0 Å². The zero-order valence-electron chi connectivity index (χ0n) is 10.9. The summed E-state index contributed by atoms with van der Waals surface area (Å²) in [7, 11) is 0. The lowest BCUT2D eigenvalue weighted by molar-refractivity contribution is -0.147. The van der Waals surface area contributed by atoms with Gasteiger partial charge in [0.1, 0.15) is 0 Å². The van der Waals surface area contributed by atoms with Crippen LogP contribution >= 0.6 is 11.6 Å². The van der Waals surface area contributed by atoms with E-state index in [-0.39, 0.29) is 12.5 Å². The minimum atomic E-state index is -0.857. The van der Waals surface area contributed by atoms with Gasteiger partial charge in [-0.3, -0.25) is 9.59 Å². The molecule has 19 heavy (non-hydrogen) atoms. The molecule has 1 aliphatic rings. The van der Waals surface area contributed by atoms with Gasteiger partial charge in [-0.15, -0.1) is 0 Å². The van der Waals surface area contributed by atoms with Crippen molar-refractivity contribution in [2.45, 2.75) is 20.3 Å². The first-order valence-electron chi connectivity index (χ1n) is 6.12. The number of carbonyl (C=O) groups is 2. The highest BCUT2D eigenvalue weighted by Crippen LogP contribution is 2.31. The highest BCUT2D eigenvalue weighted by atomic mass is 35.5. The van der Waals surface area contributed by atoms with Crippen LogP contribution in [0.3, 0.4) is 0 Å². The normalized spacial score (nSPS) is 22.6. The number of halogens is 1. The maximum Gasteiger partial charge on any atom is 0.311 e. The highest BCUT2D eigenvalue weighted by molar-refractivity contribution is 6.31. The van der Waals surface area contributed by atoms with Crippen LogP contribution in [0.25, 0.3) is 0 Å². The number of hydrogen-bond donors (Lipinski definition) is 1. The molecule has 1 N–H and O–H groups in total.